The van der Waals surface area contributed by atoms with E-state index in [0.29, 0.717) is 12.1 Å². The zero-order valence-electron chi connectivity index (χ0n) is 27.7. The molecule has 1 fully saturated rings. The summed E-state index contributed by atoms with van der Waals surface area (Å²) >= 11 is 0. The molecular weight excluding hydrogens is 555 g/mol. The molecule has 0 amide bonds. The van der Waals surface area contributed by atoms with E-state index in [-0.39, 0.29) is 39.0 Å². The van der Waals surface area contributed by atoms with E-state index in [1.807, 2.05) is 10.6 Å². The molecule has 228 valence electrons. The molecule has 4 atom stereocenters. The van der Waals surface area contributed by atoms with Crippen LogP contribution in [0.5, 0.6) is 0 Å². The molecule has 1 saturated heterocycles. The summed E-state index contributed by atoms with van der Waals surface area (Å²) in [6.45, 7) is 34.3. The van der Waals surface area contributed by atoms with E-state index in [2.05, 4.69) is 112 Å². The highest BCUT2D eigenvalue weighted by Gasteiger charge is 2.55. The fourth-order valence-electron chi connectivity index (χ4n) is 4.05. The Labute approximate surface area is 244 Å². The number of hydrogen-bond donors (Lipinski definition) is 1. The number of hydrogen-bond acceptors (Lipinski definition) is 6. The van der Waals surface area contributed by atoms with Crippen LogP contribution in [0.4, 0.5) is 0 Å². The van der Waals surface area contributed by atoms with E-state index < -0.39 is 31.2 Å². The van der Waals surface area contributed by atoms with Crippen LogP contribution in [0.25, 0.3) is 11.0 Å². The van der Waals surface area contributed by atoms with Crippen molar-refractivity contribution in [2.24, 2.45) is 0 Å². The summed E-state index contributed by atoms with van der Waals surface area (Å²) in [6.07, 6.45) is 1.80. The predicted octanol–water partition coefficient (Wildman–Crippen LogP) is 7.42. The summed E-state index contributed by atoms with van der Waals surface area (Å²) in [5.74, 6) is 0. The van der Waals surface area contributed by atoms with Crippen molar-refractivity contribution in [3.63, 3.8) is 0 Å². The summed E-state index contributed by atoms with van der Waals surface area (Å²) in [7, 11) is -6.55. The molecule has 0 radical (unpaired) electrons. The van der Waals surface area contributed by atoms with Crippen LogP contribution >= 0.6 is 0 Å². The van der Waals surface area contributed by atoms with Gasteiger partial charge in [0, 0.05) is 6.20 Å². The van der Waals surface area contributed by atoms with Crippen molar-refractivity contribution in [3.8, 4) is 0 Å². The fraction of sp³-hybridized carbons (Fsp3) is 0.793. The number of pyridine rings is 1. The zero-order valence-corrected chi connectivity index (χ0v) is 30.7. The Morgan fingerprint density at radius 3 is 1.85 bits per heavy atom. The van der Waals surface area contributed by atoms with E-state index >= 15 is 0 Å². The molecule has 1 aliphatic heterocycles. The molecular formula is C29H55N3O5Si3. The van der Waals surface area contributed by atoms with Crippen molar-refractivity contribution >= 4 is 36.0 Å². The van der Waals surface area contributed by atoms with Gasteiger partial charge >= 0.3 is 0 Å². The highest BCUT2D eigenvalue weighted by Crippen LogP contribution is 2.46. The van der Waals surface area contributed by atoms with Gasteiger partial charge in [-0.05, 0) is 60.5 Å². The molecule has 0 aromatic carbocycles. The van der Waals surface area contributed by atoms with Crippen molar-refractivity contribution in [3.05, 3.63) is 28.9 Å². The number of imidazole rings is 1. The van der Waals surface area contributed by atoms with Crippen LogP contribution in [-0.2, 0) is 18.0 Å². The van der Waals surface area contributed by atoms with Crippen LogP contribution in [0.2, 0.25) is 54.4 Å². The van der Waals surface area contributed by atoms with Crippen molar-refractivity contribution in [2.75, 3.05) is 6.61 Å². The topological polar surface area (TPSA) is 87.6 Å². The summed E-state index contributed by atoms with van der Waals surface area (Å²) in [5, 5.41) is 0.0643. The quantitative estimate of drug-likeness (QED) is 0.313. The molecule has 0 spiro atoms. The maximum Gasteiger partial charge on any atom is 0.276 e. The molecule has 3 rings (SSSR count). The number of aromatic amines is 1. The highest BCUT2D eigenvalue weighted by atomic mass is 28.4. The minimum Gasteiger partial charge on any atom is -0.414 e. The van der Waals surface area contributed by atoms with Crippen molar-refractivity contribution in [2.45, 2.75) is 141 Å². The standard InChI is InChI=1S/C29H55N3O5Si3/c1-27(2,3)38(10,11)34-18-21-23(36-39(12,13)28(4,5)6)24(37-40(14,15)29(7,8)9)26(35-21)32-19-31-22-20(32)16-17-30-25(22)33/h16-17,19,21,23-24,26H,18H2,1-15H3,(H,30,33). The Morgan fingerprint density at radius 2 is 1.35 bits per heavy atom. The number of nitrogens with zero attached hydrogens (tertiary/aromatic N) is 2. The van der Waals surface area contributed by atoms with Crippen LogP contribution in [0.15, 0.2) is 23.4 Å². The van der Waals surface area contributed by atoms with Crippen LogP contribution in [0, 0.1) is 0 Å². The van der Waals surface area contributed by atoms with Gasteiger partial charge in [0.1, 0.15) is 18.3 Å². The van der Waals surface area contributed by atoms with E-state index in [9.17, 15) is 4.79 Å². The number of fused-ring (bicyclic) bond motifs is 1. The largest absolute Gasteiger partial charge is 0.414 e. The molecule has 0 aliphatic carbocycles. The van der Waals surface area contributed by atoms with Gasteiger partial charge < -0.3 is 27.6 Å². The van der Waals surface area contributed by atoms with Gasteiger partial charge in [-0.2, -0.15) is 0 Å². The van der Waals surface area contributed by atoms with Gasteiger partial charge in [0.05, 0.1) is 18.5 Å². The van der Waals surface area contributed by atoms with Gasteiger partial charge in [0.25, 0.3) is 5.56 Å². The molecule has 8 nitrogen and oxygen atoms in total. The first-order chi connectivity index (χ1) is 17.9. The molecule has 0 saturated carbocycles. The Hall–Kier alpha value is -1.09. The van der Waals surface area contributed by atoms with Gasteiger partial charge in [-0.15, -0.1) is 0 Å². The molecule has 11 heteroatoms. The minimum absolute atomic E-state index is 0.00639. The Bertz CT molecular complexity index is 1230. The predicted molar refractivity (Wildman–Crippen MR) is 172 cm³/mol. The molecule has 2 aromatic rings. The normalized spacial score (nSPS) is 23.8. The second-order valence-corrected chi connectivity index (χ2v) is 30.3. The smallest absolute Gasteiger partial charge is 0.276 e. The lowest BCUT2D eigenvalue weighted by Crippen LogP contribution is -2.54. The van der Waals surface area contributed by atoms with E-state index in [1.165, 1.54) is 0 Å². The summed E-state index contributed by atoms with van der Waals surface area (Å²) in [4.78, 5) is 19.7. The first-order valence-electron chi connectivity index (χ1n) is 14.6. The average Bonchev–Trinajstić information content (AvgIpc) is 3.32. The Kier molecular flexibility index (Phi) is 9.09. The molecule has 2 aromatic heterocycles. The third kappa shape index (κ3) is 6.60. The number of H-pyrrole nitrogens is 1. The third-order valence-corrected chi connectivity index (χ3v) is 23.4. The van der Waals surface area contributed by atoms with Gasteiger partial charge in [-0.1, -0.05) is 62.3 Å². The lowest BCUT2D eigenvalue weighted by atomic mass is 10.1. The zero-order chi connectivity index (χ0) is 30.7. The first kappa shape index (κ1) is 33.4. The van der Waals surface area contributed by atoms with Gasteiger partial charge in [-0.25, -0.2) is 4.98 Å². The molecule has 0 bridgehead atoms. The summed E-state index contributed by atoms with van der Waals surface area (Å²) in [5.41, 5.74) is 0.887. The molecule has 1 N–H and O–H groups in total. The summed E-state index contributed by atoms with van der Waals surface area (Å²) in [6, 6.07) is 1.87. The van der Waals surface area contributed by atoms with Crippen molar-refractivity contribution in [1.29, 1.82) is 0 Å². The van der Waals surface area contributed by atoms with Crippen LogP contribution in [0.3, 0.4) is 0 Å². The molecule has 3 heterocycles. The van der Waals surface area contributed by atoms with Crippen molar-refractivity contribution in [1.82, 2.24) is 14.5 Å². The maximum atomic E-state index is 12.6. The number of aromatic nitrogens is 3. The number of nitrogens with one attached hydrogen (secondary N) is 1. The Morgan fingerprint density at radius 1 is 0.850 bits per heavy atom. The van der Waals surface area contributed by atoms with Gasteiger partial charge in [0.15, 0.2) is 36.7 Å². The van der Waals surface area contributed by atoms with Gasteiger partial charge in [0.2, 0.25) is 0 Å². The lowest BCUT2D eigenvalue weighted by Gasteiger charge is -2.44. The number of ether oxygens (including phenoxy) is 1. The van der Waals surface area contributed by atoms with E-state index in [4.69, 9.17) is 18.0 Å². The molecule has 1 aliphatic rings. The van der Waals surface area contributed by atoms with Crippen LogP contribution in [0.1, 0.15) is 68.5 Å². The van der Waals surface area contributed by atoms with Crippen LogP contribution < -0.4 is 5.56 Å². The van der Waals surface area contributed by atoms with Crippen molar-refractivity contribution < 1.29 is 18.0 Å². The second-order valence-electron chi connectivity index (χ2n) is 16.0. The summed E-state index contributed by atoms with van der Waals surface area (Å²) < 4.78 is 30.0. The Balaban J connectivity index is 2.15. The highest BCUT2D eigenvalue weighted by molar-refractivity contribution is 6.75. The maximum absolute atomic E-state index is 12.6. The monoisotopic (exact) mass is 609 g/mol. The molecule has 40 heavy (non-hydrogen) atoms. The van der Waals surface area contributed by atoms with Crippen LogP contribution in [-0.4, -0.2) is 64.4 Å². The SMILES string of the molecule is CC(C)(C)[Si](C)(C)OCC1OC(n2cnc3c(=O)[nH]ccc32)C(O[Si](C)(C)C(C)(C)C)C1O[Si](C)(C)C(C)(C)C. The number of rotatable bonds is 8. The third-order valence-electron chi connectivity index (χ3n) is 9.95. The lowest BCUT2D eigenvalue weighted by molar-refractivity contribution is -0.0468. The van der Waals surface area contributed by atoms with Gasteiger partial charge in [-0.3, -0.25) is 4.79 Å². The minimum atomic E-state index is -2.26. The van der Waals surface area contributed by atoms with E-state index in [0.717, 1.165) is 5.52 Å². The van der Waals surface area contributed by atoms with E-state index in [1.54, 1.807) is 12.5 Å². The first-order valence-corrected chi connectivity index (χ1v) is 23.3. The second kappa shape index (κ2) is 10.9. The molecule has 4 unspecified atom stereocenters. The average molecular weight is 610 g/mol. The fourth-order valence-corrected chi connectivity index (χ4v) is 7.67.